The number of aryl methyl sites for hydroxylation is 2. The Bertz CT molecular complexity index is 2300. The van der Waals surface area contributed by atoms with Crippen LogP contribution in [0, 0.1) is 18.6 Å². The van der Waals surface area contributed by atoms with Crippen LogP contribution in [-0.4, -0.2) is 86.3 Å². The van der Waals surface area contributed by atoms with Crippen LogP contribution < -0.4 is 11.0 Å². The van der Waals surface area contributed by atoms with E-state index in [0.29, 0.717) is 9.36 Å². The molecular weight excluding hydrogens is 967 g/mol. The summed E-state index contributed by atoms with van der Waals surface area (Å²) >= 11 is 20.1. The van der Waals surface area contributed by atoms with E-state index in [1.807, 2.05) is 0 Å². The number of benzene rings is 2. The maximum atomic E-state index is 14.3. The van der Waals surface area contributed by atoms with Crippen molar-refractivity contribution >= 4 is 76.2 Å². The van der Waals surface area contributed by atoms with Gasteiger partial charge < -0.3 is 24.7 Å². The second-order valence-corrected chi connectivity index (χ2v) is 15.6. The van der Waals surface area contributed by atoms with E-state index in [1.165, 1.54) is 0 Å². The summed E-state index contributed by atoms with van der Waals surface area (Å²) in [5.41, 5.74) is -3.40. The van der Waals surface area contributed by atoms with Crippen molar-refractivity contribution in [3.8, 4) is 16.9 Å². The van der Waals surface area contributed by atoms with Gasteiger partial charge in [-0.2, -0.15) is 31.7 Å². The number of aliphatic carboxylic acids is 2. The normalized spacial score (nSPS) is 12.1. The Balaban J connectivity index is 0.000000333. The summed E-state index contributed by atoms with van der Waals surface area (Å²) in [5, 5.41) is 24.5. The van der Waals surface area contributed by atoms with Crippen LogP contribution in [0.5, 0.6) is 0 Å². The Kier molecular flexibility index (Phi) is 18.2. The average Bonchev–Trinajstić information content (AvgIpc) is 3.54. The number of hydrogen-bond donors (Lipinski definition) is 5. The summed E-state index contributed by atoms with van der Waals surface area (Å²) < 4.78 is 109. The van der Waals surface area contributed by atoms with Gasteiger partial charge in [-0.1, -0.05) is 23.2 Å². The molecule has 0 aliphatic rings. The summed E-state index contributed by atoms with van der Waals surface area (Å²) in [6, 6.07) is 3.75. The van der Waals surface area contributed by atoms with Crippen LogP contribution in [0.3, 0.4) is 0 Å². The van der Waals surface area contributed by atoms with E-state index in [1.54, 1.807) is 13.8 Å². The highest BCUT2D eigenvalue weighted by Gasteiger charge is 2.39. The summed E-state index contributed by atoms with van der Waals surface area (Å²) in [5.74, 6) is -5.48. The SMILES string of the molecule is CC(C)OC(=O)c1cc(-c2nn(C)c(C(F)(F)F)c2Br)c(F)cc1Cl.Cc1nn(-c2cc(CC(Cl)C(=O)O)c(Cl)cc2F)c(=O)n1C(F)F.O=C(O)CNCP(=O)(O)O. The molecule has 4 rings (SSSR count). The molecular formula is C31H30BrCl3F7N6O10P. The van der Waals surface area contributed by atoms with Gasteiger partial charge in [0.25, 0.3) is 0 Å². The van der Waals surface area contributed by atoms with Crippen molar-refractivity contribution in [2.24, 2.45) is 7.05 Å². The van der Waals surface area contributed by atoms with Gasteiger partial charge in [0.2, 0.25) is 0 Å². The summed E-state index contributed by atoms with van der Waals surface area (Å²) in [6.07, 6.45) is -6.00. The maximum absolute atomic E-state index is 14.3. The molecule has 2 heterocycles. The van der Waals surface area contributed by atoms with Crippen molar-refractivity contribution in [2.45, 2.75) is 51.4 Å². The topological polar surface area (TPSA) is 228 Å². The fraction of sp³-hybridized carbons (Fsp3) is 0.355. The highest BCUT2D eigenvalue weighted by atomic mass is 79.9. The molecule has 326 valence electrons. The molecule has 4 aromatic rings. The molecule has 0 bridgehead atoms. The zero-order valence-electron chi connectivity index (χ0n) is 30.2. The molecule has 0 saturated carbocycles. The van der Waals surface area contributed by atoms with Gasteiger partial charge in [0.05, 0.1) is 34.0 Å². The summed E-state index contributed by atoms with van der Waals surface area (Å²) in [6.45, 7) is 0.811. The number of carboxylic acids is 2. The smallest absolute Gasteiger partial charge is 0.434 e. The average molecular weight is 997 g/mol. The number of alkyl halides is 6. The van der Waals surface area contributed by atoms with Crippen LogP contribution in [0.2, 0.25) is 10.0 Å². The number of carboxylic acid groups (broad SMARTS) is 2. The molecule has 28 heteroatoms. The molecule has 16 nitrogen and oxygen atoms in total. The molecule has 1 atom stereocenters. The van der Waals surface area contributed by atoms with E-state index >= 15 is 0 Å². The van der Waals surface area contributed by atoms with E-state index < -0.39 is 95.7 Å². The van der Waals surface area contributed by atoms with Crippen molar-refractivity contribution < 1.29 is 74.4 Å². The monoisotopic (exact) mass is 994 g/mol. The first kappa shape index (κ1) is 51.1. The molecule has 0 amide bonds. The lowest BCUT2D eigenvalue weighted by molar-refractivity contribution is -0.144. The molecule has 0 fully saturated rings. The van der Waals surface area contributed by atoms with Crippen LogP contribution in [0.25, 0.3) is 16.9 Å². The lowest BCUT2D eigenvalue weighted by Gasteiger charge is -2.11. The number of ether oxygens (including phenoxy) is 1. The van der Waals surface area contributed by atoms with Crippen molar-refractivity contribution in [3.05, 3.63) is 83.5 Å². The van der Waals surface area contributed by atoms with Gasteiger partial charge in [-0.15, -0.1) is 16.7 Å². The highest BCUT2D eigenvalue weighted by Crippen LogP contribution is 2.41. The fourth-order valence-corrected chi connectivity index (χ4v) is 6.29. The minimum Gasteiger partial charge on any atom is -0.480 e. The minimum absolute atomic E-state index is 0.0926. The number of nitrogens with one attached hydrogen (secondary N) is 1. The van der Waals surface area contributed by atoms with E-state index in [0.717, 1.165) is 38.2 Å². The number of halogens is 11. The lowest BCUT2D eigenvalue weighted by Crippen LogP contribution is -2.25. The predicted octanol–water partition coefficient (Wildman–Crippen LogP) is 6.79. The standard InChI is InChI=1S/C15H12BrClF4N2O2.C13H10Cl2F3N3O3.C3H8NO5P/c1-6(2)25-14(24)7-4-8(10(18)5-9(7)17)12-11(16)13(15(19,20)21)23(3)22-12;1-5-19-21(13(24)20(5)12(17)18)10-3-6(2-8(15)11(22)23)7(14)4-9(10)16;5-3(6)1-4-2-10(7,8)9/h4-6H,1-3H3;3-4,8,12H,2H2,1H3,(H,22,23);4H,1-2H2,(H,5,6)(H2,7,8,9). The van der Waals surface area contributed by atoms with Gasteiger partial charge in [-0.25, -0.2) is 22.9 Å². The number of rotatable bonds is 12. The van der Waals surface area contributed by atoms with Gasteiger partial charge in [0, 0.05) is 24.1 Å². The van der Waals surface area contributed by atoms with Gasteiger partial charge in [-0.05, 0) is 66.5 Å². The molecule has 0 spiro atoms. The zero-order chi connectivity index (χ0) is 45.5. The van der Waals surface area contributed by atoms with Crippen LogP contribution in [0.4, 0.5) is 30.7 Å². The molecule has 5 N–H and O–H groups in total. The third-order valence-corrected chi connectivity index (χ3v) is 9.31. The van der Waals surface area contributed by atoms with E-state index in [2.05, 4.69) is 31.4 Å². The van der Waals surface area contributed by atoms with Gasteiger partial charge in [0.15, 0.2) is 11.5 Å². The van der Waals surface area contributed by atoms with Crippen molar-refractivity contribution in [2.75, 3.05) is 12.8 Å². The first-order valence-corrected chi connectivity index (χ1v) is 19.5. The van der Waals surface area contributed by atoms with Gasteiger partial charge in [-0.3, -0.25) is 24.2 Å². The first-order chi connectivity index (χ1) is 27.0. The minimum atomic E-state index is -4.69. The number of aromatic nitrogens is 5. The first-order valence-electron chi connectivity index (χ1n) is 15.8. The fourth-order valence-electron chi connectivity index (χ4n) is 4.49. The van der Waals surface area contributed by atoms with Gasteiger partial charge >= 0.3 is 43.9 Å². The van der Waals surface area contributed by atoms with Crippen molar-refractivity contribution in [1.29, 1.82) is 0 Å². The Morgan fingerprint density at radius 3 is 2.05 bits per heavy atom. The van der Waals surface area contributed by atoms with E-state index in [9.17, 15) is 54.5 Å². The quantitative estimate of drug-likeness (QED) is 0.0427. The third-order valence-electron chi connectivity index (χ3n) is 6.91. The maximum Gasteiger partial charge on any atom is 0.434 e. The second-order valence-electron chi connectivity index (χ2n) is 11.8. The molecule has 2 aromatic carbocycles. The largest absolute Gasteiger partial charge is 0.480 e. The molecule has 1 unspecified atom stereocenters. The van der Waals surface area contributed by atoms with Crippen molar-refractivity contribution in [3.63, 3.8) is 0 Å². The van der Waals surface area contributed by atoms with Crippen LogP contribution in [0.15, 0.2) is 33.5 Å². The van der Waals surface area contributed by atoms with E-state index in [4.69, 9.17) is 59.5 Å². The van der Waals surface area contributed by atoms with Crippen molar-refractivity contribution in [1.82, 2.24) is 29.4 Å². The zero-order valence-corrected chi connectivity index (χ0v) is 35.0. The van der Waals surface area contributed by atoms with Crippen LogP contribution in [-0.2, 0) is 38.5 Å². The number of nitrogens with zero attached hydrogens (tertiary/aromatic N) is 5. The number of carbonyl (C=O) groups excluding carboxylic acids is 1. The Morgan fingerprint density at radius 2 is 1.59 bits per heavy atom. The Morgan fingerprint density at radius 1 is 1.02 bits per heavy atom. The molecule has 0 saturated heterocycles. The van der Waals surface area contributed by atoms with Crippen LogP contribution in [0.1, 0.15) is 47.8 Å². The number of hydrogen-bond acceptors (Lipinski definition) is 9. The van der Waals surface area contributed by atoms with Gasteiger partial charge in [0.1, 0.15) is 28.4 Å². The molecule has 0 aliphatic carbocycles. The van der Waals surface area contributed by atoms with Crippen LogP contribution >= 0.6 is 58.3 Å². The number of carbonyl (C=O) groups is 3. The highest BCUT2D eigenvalue weighted by molar-refractivity contribution is 9.10. The number of esters is 1. The second kappa shape index (κ2) is 21.0. The molecule has 59 heavy (non-hydrogen) atoms. The summed E-state index contributed by atoms with van der Waals surface area (Å²) in [7, 11) is -3.01. The Hall–Kier alpha value is -4.03. The Labute approximate surface area is 350 Å². The molecule has 2 aromatic heterocycles. The lowest BCUT2D eigenvalue weighted by atomic mass is 10.1. The predicted molar refractivity (Wildman–Crippen MR) is 199 cm³/mol. The summed E-state index contributed by atoms with van der Waals surface area (Å²) in [4.78, 5) is 61.0. The van der Waals surface area contributed by atoms with E-state index in [-0.39, 0.29) is 49.2 Å². The third kappa shape index (κ3) is 14.3. The molecule has 0 aliphatic heterocycles. The molecule has 0 radical (unpaired) electrons.